The van der Waals surface area contributed by atoms with Gasteiger partial charge in [-0.2, -0.15) is 0 Å². The third-order valence-corrected chi connectivity index (χ3v) is 4.39. The van der Waals surface area contributed by atoms with Crippen LogP contribution in [0.25, 0.3) is 0 Å². The van der Waals surface area contributed by atoms with Crippen LogP contribution in [-0.2, 0) is 4.79 Å². The Morgan fingerprint density at radius 3 is 2.39 bits per heavy atom. The molecule has 28 heavy (non-hydrogen) atoms. The van der Waals surface area contributed by atoms with Crippen molar-refractivity contribution >= 4 is 11.6 Å². The van der Waals surface area contributed by atoms with E-state index in [4.69, 9.17) is 9.47 Å². The molecule has 0 aliphatic carbocycles. The van der Waals surface area contributed by atoms with Gasteiger partial charge in [0, 0.05) is 0 Å². The van der Waals surface area contributed by atoms with E-state index in [0.717, 1.165) is 16.9 Å². The average Bonchev–Trinajstić information content (AvgIpc) is 2.70. The third-order valence-electron chi connectivity index (χ3n) is 4.39. The van der Waals surface area contributed by atoms with E-state index >= 15 is 0 Å². The summed E-state index contributed by atoms with van der Waals surface area (Å²) in [6.45, 7) is 5.91. The standard InChI is InChI=1S/C24H25NO3/c1-4-21(28-23-16-17(2)14-15-18(23)3)24(26)25-20-12-8-9-13-22(20)27-19-10-6-5-7-11-19/h5-16,21H,4H2,1-3H3,(H,25,26). The van der Waals surface area contributed by atoms with Crippen LogP contribution in [0.15, 0.2) is 72.8 Å². The molecule has 1 atom stereocenters. The number of ether oxygens (including phenoxy) is 2. The molecule has 0 radical (unpaired) electrons. The molecule has 4 heteroatoms. The Kier molecular flexibility index (Phi) is 6.33. The van der Waals surface area contributed by atoms with Crippen LogP contribution in [0, 0.1) is 13.8 Å². The first kappa shape index (κ1) is 19.5. The summed E-state index contributed by atoms with van der Waals surface area (Å²) in [5.41, 5.74) is 2.71. The zero-order valence-corrected chi connectivity index (χ0v) is 16.4. The van der Waals surface area contributed by atoms with E-state index in [1.165, 1.54) is 0 Å². The Labute approximate surface area is 166 Å². The second-order valence-corrected chi connectivity index (χ2v) is 6.68. The van der Waals surface area contributed by atoms with Crippen LogP contribution in [0.2, 0.25) is 0 Å². The molecule has 1 unspecified atom stereocenters. The lowest BCUT2D eigenvalue weighted by Crippen LogP contribution is -2.32. The highest BCUT2D eigenvalue weighted by Gasteiger charge is 2.21. The summed E-state index contributed by atoms with van der Waals surface area (Å²) < 4.78 is 11.9. The number of aryl methyl sites for hydroxylation is 2. The van der Waals surface area contributed by atoms with Crippen molar-refractivity contribution in [2.75, 3.05) is 5.32 Å². The largest absolute Gasteiger partial charge is 0.480 e. The van der Waals surface area contributed by atoms with Crippen LogP contribution in [0.1, 0.15) is 24.5 Å². The van der Waals surface area contributed by atoms with Gasteiger partial charge in [-0.15, -0.1) is 0 Å². The molecule has 1 N–H and O–H groups in total. The maximum Gasteiger partial charge on any atom is 0.265 e. The summed E-state index contributed by atoms with van der Waals surface area (Å²) in [7, 11) is 0. The van der Waals surface area contributed by atoms with Gasteiger partial charge in [-0.05, 0) is 61.7 Å². The van der Waals surface area contributed by atoms with Crippen molar-refractivity contribution in [1.29, 1.82) is 0 Å². The molecule has 0 heterocycles. The number of benzene rings is 3. The number of nitrogens with one attached hydrogen (secondary N) is 1. The molecule has 0 spiro atoms. The van der Waals surface area contributed by atoms with Crippen LogP contribution >= 0.6 is 0 Å². The first-order valence-corrected chi connectivity index (χ1v) is 9.43. The summed E-state index contributed by atoms with van der Waals surface area (Å²) in [5.74, 6) is 1.83. The number of para-hydroxylation sites is 3. The van der Waals surface area contributed by atoms with Gasteiger partial charge in [-0.3, -0.25) is 4.79 Å². The van der Waals surface area contributed by atoms with Crippen LogP contribution < -0.4 is 14.8 Å². The topological polar surface area (TPSA) is 47.6 Å². The molecule has 3 aromatic carbocycles. The second kappa shape index (κ2) is 9.09. The molecule has 4 nitrogen and oxygen atoms in total. The first-order chi connectivity index (χ1) is 13.6. The van der Waals surface area contributed by atoms with E-state index in [2.05, 4.69) is 5.32 Å². The third kappa shape index (κ3) is 4.92. The number of carbonyl (C=O) groups is 1. The lowest BCUT2D eigenvalue weighted by molar-refractivity contribution is -0.122. The number of hydrogen-bond donors (Lipinski definition) is 1. The number of anilines is 1. The zero-order chi connectivity index (χ0) is 19.9. The smallest absolute Gasteiger partial charge is 0.265 e. The molecular formula is C24H25NO3. The number of carbonyl (C=O) groups excluding carboxylic acids is 1. The summed E-state index contributed by atoms with van der Waals surface area (Å²) in [4.78, 5) is 12.9. The molecule has 144 valence electrons. The van der Waals surface area contributed by atoms with Gasteiger partial charge in [0.1, 0.15) is 11.5 Å². The minimum Gasteiger partial charge on any atom is -0.480 e. The average molecular weight is 375 g/mol. The molecule has 3 rings (SSSR count). The molecule has 0 saturated heterocycles. The van der Waals surface area contributed by atoms with Gasteiger partial charge in [0.05, 0.1) is 5.69 Å². The number of amides is 1. The van der Waals surface area contributed by atoms with Crippen molar-refractivity contribution in [3.63, 3.8) is 0 Å². The van der Waals surface area contributed by atoms with Crippen molar-refractivity contribution in [2.45, 2.75) is 33.3 Å². The SMILES string of the molecule is CCC(Oc1cc(C)ccc1C)C(=O)Nc1ccccc1Oc1ccccc1. The molecule has 0 saturated carbocycles. The molecule has 0 aromatic heterocycles. The van der Waals surface area contributed by atoms with E-state index in [1.807, 2.05) is 93.6 Å². The Morgan fingerprint density at radius 2 is 1.64 bits per heavy atom. The normalized spacial score (nSPS) is 11.5. The molecule has 1 amide bonds. The highest BCUT2D eigenvalue weighted by atomic mass is 16.5. The van der Waals surface area contributed by atoms with Gasteiger partial charge in [-0.25, -0.2) is 0 Å². The van der Waals surface area contributed by atoms with Crippen LogP contribution in [0.3, 0.4) is 0 Å². The Balaban J connectivity index is 1.75. The molecule has 3 aromatic rings. The summed E-state index contributed by atoms with van der Waals surface area (Å²) in [6.07, 6.45) is -0.0359. The minimum absolute atomic E-state index is 0.201. The van der Waals surface area contributed by atoms with Gasteiger partial charge in [0.25, 0.3) is 5.91 Å². The fraction of sp³-hybridized carbons (Fsp3) is 0.208. The van der Waals surface area contributed by atoms with Gasteiger partial charge in [-0.1, -0.05) is 49.4 Å². The van der Waals surface area contributed by atoms with E-state index in [9.17, 15) is 4.79 Å². The van der Waals surface area contributed by atoms with Gasteiger partial charge < -0.3 is 14.8 Å². The quantitative estimate of drug-likeness (QED) is 0.560. The van der Waals surface area contributed by atoms with Crippen LogP contribution in [-0.4, -0.2) is 12.0 Å². The van der Waals surface area contributed by atoms with Crippen molar-refractivity contribution in [2.24, 2.45) is 0 Å². The summed E-state index contributed by atoms with van der Waals surface area (Å²) in [6, 6.07) is 22.8. The van der Waals surface area contributed by atoms with Crippen LogP contribution in [0.4, 0.5) is 5.69 Å². The Hall–Kier alpha value is -3.27. The zero-order valence-electron chi connectivity index (χ0n) is 16.4. The Morgan fingerprint density at radius 1 is 0.929 bits per heavy atom. The van der Waals surface area contributed by atoms with Gasteiger partial charge >= 0.3 is 0 Å². The van der Waals surface area contributed by atoms with Crippen molar-refractivity contribution in [1.82, 2.24) is 0 Å². The fourth-order valence-corrected chi connectivity index (χ4v) is 2.80. The van der Waals surface area contributed by atoms with E-state index in [1.54, 1.807) is 0 Å². The van der Waals surface area contributed by atoms with E-state index < -0.39 is 6.10 Å². The second-order valence-electron chi connectivity index (χ2n) is 6.68. The maximum atomic E-state index is 12.9. The van der Waals surface area contributed by atoms with Crippen LogP contribution in [0.5, 0.6) is 17.2 Å². The molecule has 0 fully saturated rings. The van der Waals surface area contributed by atoms with Crippen molar-refractivity contribution in [3.8, 4) is 17.2 Å². The van der Waals surface area contributed by atoms with E-state index in [0.29, 0.717) is 23.6 Å². The maximum absolute atomic E-state index is 12.9. The molecule has 0 aliphatic rings. The van der Waals surface area contributed by atoms with E-state index in [-0.39, 0.29) is 5.91 Å². The first-order valence-electron chi connectivity index (χ1n) is 9.43. The molecule has 0 bridgehead atoms. The lowest BCUT2D eigenvalue weighted by atomic mass is 10.1. The highest BCUT2D eigenvalue weighted by Crippen LogP contribution is 2.29. The van der Waals surface area contributed by atoms with Gasteiger partial charge in [0.2, 0.25) is 0 Å². The number of rotatable bonds is 7. The van der Waals surface area contributed by atoms with Crippen molar-refractivity contribution in [3.05, 3.63) is 83.9 Å². The predicted molar refractivity (Wildman–Crippen MR) is 112 cm³/mol. The minimum atomic E-state index is -0.592. The Bertz CT molecular complexity index is 938. The molecule has 0 aliphatic heterocycles. The monoisotopic (exact) mass is 375 g/mol. The lowest BCUT2D eigenvalue weighted by Gasteiger charge is -2.20. The van der Waals surface area contributed by atoms with Crippen molar-refractivity contribution < 1.29 is 14.3 Å². The van der Waals surface area contributed by atoms with Gasteiger partial charge in [0.15, 0.2) is 11.9 Å². The summed E-state index contributed by atoms with van der Waals surface area (Å²) >= 11 is 0. The molecular weight excluding hydrogens is 350 g/mol. The highest BCUT2D eigenvalue weighted by molar-refractivity contribution is 5.95. The summed E-state index contributed by atoms with van der Waals surface area (Å²) in [5, 5.41) is 2.95. The number of hydrogen-bond acceptors (Lipinski definition) is 3. The fourth-order valence-electron chi connectivity index (χ4n) is 2.80. The predicted octanol–water partition coefficient (Wildman–Crippen LogP) is 5.89.